The van der Waals surface area contributed by atoms with Crippen LogP contribution in [-0.4, -0.2) is 27.7 Å². The zero-order valence-electron chi connectivity index (χ0n) is 13.9. The van der Waals surface area contributed by atoms with Crippen LogP contribution < -0.4 is 0 Å². The highest BCUT2D eigenvalue weighted by atomic mass is 32.1. The maximum atomic E-state index is 12.0. The molecule has 0 radical (unpaired) electrons. The minimum atomic E-state index is -0.726. The Morgan fingerprint density at radius 2 is 2.12 bits per heavy atom. The molecule has 0 bridgehead atoms. The summed E-state index contributed by atoms with van der Waals surface area (Å²) in [6.45, 7) is 4.27. The van der Waals surface area contributed by atoms with Crippen molar-refractivity contribution < 1.29 is 14.6 Å². The second-order valence-electron chi connectivity index (χ2n) is 5.96. The molecule has 0 aliphatic rings. The van der Waals surface area contributed by atoms with Crippen molar-refractivity contribution in [2.45, 2.75) is 32.4 Å². The highest BCUT2D eigenvalue weighted by Gasteiger charge is 2.22. The van der Waals surface area contributed by atoms with Crippen LogP contribution >= 0.6 is 11.3 Å². The molecule has 2 heterocycles. The van der Waals surface area contributed by atoms with E-state index < -0.39 is 12.1 Å². The second kappa shape index (κ2) is 6.75. The number of nitrogens with zero attached hydrogens (tertiary/aromatic N) is 2. The van der Waals surface area contributed by atoms with Crippen LogP contribution in [0.25, 0.3) is 10.1 Å². The lowest BCUT2D eigenvalue weighted by atomic mass is 10.1. The minimum Gasteiger partial charge on any atom is -0.464 e. The SMILES string of the molecule is COC(=O)c1cnc(C(C)C)n1CC(O)c1csc2ccccc12. The first-order chi connectivity index (χ1) is 11.5. The largest absolute Gasteiger partial charge is 0.464 e. The highest BCUT2D eigenvalue weighted by Crippen LogP contribution is 2.31. The molecule has 126 valence electrons. The van der Waals surface area contributed by atoms with Gasteiger partial charge in [0, 0.05) is 16.2 Å². The zero-order valence-corrected chi connectivity index (χ0v) is 14.7. The van der Waals surface area contributed by atoms with Crippen LogP contribution in [0.5, 0.6) is 0 Å². The fraction of sp³-hybridized carbons (Fsp3) is 0.333. The quantitative estimate of drug-likeness (QED) is 0.716. The van der Waals surface area contributed by atoms with Gasteiger partial charge in [-0.25, -0.2) is 9.78 Å². The second-order valence-corrected chi connectivity index (χ2v) is 6.87. The number of methoxy groups -OCH3 is 1. The number of hydrogen-bond donors (Lipinski definition) is 1. The lowest BCUT2D eigenvalue weighted by Gasteiger charge is -2.17. The molecule has 6 heteroatoms. The number of aliphatic hydroxyl groups is 1. The molecule has 5 nitrogen and oxygen atoms in total. The van der Waals surface area contributed by atoms with Crippen molar-refractivity contribution >= 4 is 27.4 Å². The predicted molar refractivity (Wildman–Crippen MR) is 94.4 cm³/mol. The highest BCUT2D eigenvalue weighted by molar-refractivity contribution is 7.17. The van der Waals surface area contributed by atoms with E-state index in [1.165, 1.54) is 13.3 Å². The van der Waals surface area contributed by atoms with Crippen molar-refractivity contribution in [2.24, 2.45) is 0 Å². The van der Waals surface area contributed by atoms with E-state index in [1.807, 2.05) is 43.5 Å². The molecular formula is C18H20N2O3S. The number of esters is 1. The lowest BCUT2D eigenvalue weighted by Crippen LogP contribution is -2.18. The molecule has 0 aliphatic heterocycles. The third kappa shape index (κ3) is 2.95. The Balaban J connectivity index is 1.98. The van der Waals surface area contributed by atoms with Crippen molar-refractivity contribution in [3.8, 4) is 0 Å². The van der Waals surface area contributed by atoms with Gasteiger partial charge >= 0.3 is 5.97 Å². The molecule has 1 atom stereocenters. The first-order valence-electron chi connectivity index (χ1n) is 7.80. The summed E-state index contributed by atoms with van der Waals surface area (Å²) in [4.78, 5) is 16.3. The molecule has 0 fully saturated rings. The molecule has 0 saturated heterocycles. The molecule has 0 saturated carbocycles. The minimum absolute atomic E-state index is 0.134. The Bertz CT molecular complexity index is 866. The molecule has 0 amide bonds. The van der Waals surface area contributed by atoms with Crippen molar-refractivity contribution in [1.29, 1.82) is 0 Å². The molecule has 3 aromatic rings. The number of aromatic nitrogens is 2. The third-order valence-corrected chi connectivity index (χ3v) is 5.00. The average Bonchev–Trinajstić information content (AvgIpc) is 3.18. The van der Waals surface area contributed by atoms with E-state index in [2.05, 4.69) is 4.98 Å². The molecule has 1 N–H and O–H groups in total. The van der Waals surface area contributed by atoms with Crippen LogP contribution in [0.3, 0.4) is 0 Å². The smallest absolute Gasteiger partial charge is 0.356 e. The van der Waals surface area contributed by atoms with Crippen molar-refractivity contribution in [2.75, 3.05) is 7.11 Å². The number of carbonyl (C=O) groups is 1. The topological polar surface area (TPSA) is 64.3 Å². The Morgan fingerprint density at radius 3 is 2.83 bits per heavy atom. The number of hydrogen-bond acceptors (Lipinski definition) is 5. The summed E-state index contributed by atoms with van der Waals surface area (Å²) in [5.41, 5.74) is 1.23. The van der Waals surface area contributed by atoms with Crippen LogP contribution in [0.4, 0.5) is 0 Å². The predicted octanol–water partition coefficient (Wildman–Crippen LogP) is 3.74. The summed E-state index contributed by atoms with van der Waals surface area (Å²) in [7, 11) is 1.34. The fourth-order valence-corrected chi connectivity index (χ4v) is 3.85. The summed E-state index contributed by atoms with van der Waals surface area (Å²) < 4.78 is 7.72. The maximum absolute atomic E-state index is 12.0. The Hall–Kier alpha value is -2.18. The number of aliphatic hydroxyl groups excluding tert-OH is 1. The molecule has 3 rings (SSSR count). The molecular weight excluding hydrogens is 324 g/mol. The molecule has 1 unspecified atom stereocenters. The van der Waals surface area contributed by atoms with E-state index in [1.54, 1.807) is 15.9 Å². The van der Waals surface area contributed by atoms with E-state index in [9.17, 15) is 9.90 Å². The van der Waals surface area contributed by atoms with Crippen LogP contribution in [-0.2, 0) is 11.3 Å². The maximum Gasteiger partial charge on any atom is 0.356 e. The van der Waals surface area contributed by atoms with Gasteiger partial charge in [-0.1, -0.05) is 32.0 Å². The number of ether oxygens (including phenoxy) is 1. The van der Waals surface area contributed by atoms with Gasteiger partial charge in [0.25, 0.3) is 0 Å². The summed E-state index contributed by atoms with van der Waals surface area (Å²) in [6, 6.07) is 7.98. The Labute approximate surface area is 144 Å². The molecule has 0 spiro atoms. The van der Waals surface area contributed by atoms with Crippen LogP contribution in [0.1, 0.15) is 47.7 Å². The van der Waals surface area contributed by atoms with Gasteiger partial charge < -0.3 is 14.4 Å². The van der Waals surface area contributed by atoms with Crippen molar-refractivity contribution in [3.05, 3.63) is 52.9 Å². The first kappa shape index (κ1) is 16.7. The Morgan fingerprint density at radius 1 is 1.38 bits per heavy atom. The van der Waals surface area contributed by atoms with Gasteiger partial charge in [-0.2, -0.15) is 0 Å². The number of rotatable bonds is 5. The van der Waals surface area contributed by atoms with E-state index in [4.69, 9.17) is 4.74 Å². The number of benzene rings is 1. The summed E-state index contributed by atoms with van der Waals surface area (Å²) in [5.74, 6) is 0.445. The zero-order chi connectivity index (χ0) is 17.3. The number of fused-ring (bicyclic) bond motifs is 1. The third-order valence-electron chi connectivity index (χ3n) is 4.02. The standard InChI is InChI=1S/C18H20N2O3S/c1-11(2)17-19-8-14(18(22)23-3)20(17)9-15(21)13-10-24-16-7-5-4-6-12(13)16/h4-8,10-11,15,21H,9H2,1-3H3. The summed E-state index contributed by atoms with van der Waals surface area (Å²) in [6.07, 6.45) is 0.788. The number of imidazole rings is 1. The molecule has 0 aliphatic carbocycles. The first-order valence-corrected chi connectivity index (χ1v) is 8.68. The Kier molecular flexibility index (Phi) is 4.69. The van der Waals surface area contributed by atoms with E-state index in [0.29, 0.717) is 5.69 Å². The van der Waals surface area contributed by atoms with Gasteiger partial charge in [0.05, 0.1) is 26.0 Å². The van der Waals surface area contributed by atoms with Gasteiger partial charge in [0.15, 0.2) is 0 Å². The number of carbonyl (C=O) groups excluding carboxylic acids is 1. The normalized spacial score (nSPS) is 12.7. The monoisotopic (exact) mass is 344 g/mol. The van der Waals surface area contributed by atoms with Crippen molar-refractivity contribution in [3.63, 3.8) is 0 Å². The van der Waals surface area contributed by atoms with Gasteiger partial charge in [0.2, 0.25) is 0 Å². The van der Waals surface area contributed by atoms with E-state index in [-0.39, 0.29) is 12.5 Å². The molecule has 2 aromatic heterocycles. The summed E-state index contributed by atoms with van der Waals surface area (Å²) in [5, 5.41) is 13.8. The fourth-order valence-electron chi connectivity index (χ4n) is 2.84. The van der Waals surface area contributed by atoms with Crippen molar-refractivity contribution in [1.82, 2.24) is 9.55 Å². The van der Waals surface area contributed by atoms with Crippen LogP contribution in [0.15, 0.2) is 35.8 Å². The lowest BCUT2D eigenvalue weighted by molar-refractivity contribution is 0.0582. The van der Waals surface area contributed by atoms with E-state index >= 15 is 0 Å². The average molecular weight is 344 g/mol. The van der Waals surface area contributed by atoms with Gasteiger partial charge in [-0.05, 0) is 16.8 Å². The van der Waals surface area contributed by atoms with Gasteiger partial charge in [-0.3, -0.25) is 0 Å². The van der Waals surface area contributed by atoms with Crippen LogP contribution in [0.2, 0.25) is 0 Å². The number of thiophene rings is 1. The van der Waals surface area contributed by atoms with Gasteiger partial charge in [-0.15, -0.1) is 11.3 Å². The van der Waals surface area contributed by atoms with Gasteiger partial charge in [0.1, 0.15) is 11.5 Å². The van der Waals surface area contributed by atoms with Crippen LogP contribution in [0, 0.1) is 0 Å². The van der Waals surface area contributed by atoms with E-state index in [0.717, 1.165) is 21.5 Å². The summed E-state index contributed by atoms with van der Waals surface area (Å²) >= 11 is 1.60. The molecule has 1 aromatic carbocycles. The molecule has 24 heavy (non-hydrogen) atoms.